The lowest BCUT2D eigenvalue weighted by Crippen LogP contribution is -2.54. The van der Waals surface area contributed by atoms with Crippen molar-refractivity contribution in [1.82, 2.24) is 24.2 Å². The van der Waals surface area contributed by atoms with Gasteiger partial charge in [0, 0.05) is 65.1 Å². The fraction of sp³-hybridized carbons (Fsp3) is 0.727. The summed E-state index contributed by atoms with van der Waals surface area (Å²) in [5, 5.41) is 0. The van der Waals surface area contributed by atoms with Gasteiger partial charge in [-0.3, -0.25) is 14.5 Å². The first-order valence-corrected chi connectivity index (χ1v) is 11.1. The number of nitrogens with zero attached hydrogens (tertiary/aromatic N) is 5. The van der Waals surface area contributed by atoms with Gasteiger partial charge >= 0.3 is 0 Å². The number of aromatic nitrogens is 1. The molecule has 0 saturated carbocycles. The van der Waals surface area contributed by atoms with Crippen LogP contribution in [0.4, 0.5) is 0 Å². The zero-order chi connectivity index (χ0) is 20.4. The lowest BCUT2D eigenvalue weighted by atomic mass is 9.92. The zero-order valence-corrected chi connectivity index (χ0v) is 17.9. The van der Waals surface area contributed by atoms with Crippen LogP contribution in [0, 0.1) is 5.92 Å². The van der Waals surface area contributed by atoms with Gasteiger partial charge in [0.1, 0.15) is 5.69 Å². The van der Waals surface area contributed by atoms with E-state index in [0.29, 0.717) is 11.9 Å². The summed E-state index contributed by atoms with van der Waals surface area (Å²) in [6.07, 6.45) is 6.06. The normalized spacial score (nSPS) is 25.4. The highest BCUT2D eigenvalue weighted by atomic mass is 16.2. The van der Waals surface area contributed by atoms with Crippen LogP contribution in [-0.2, 0) is 11.8 Å². The van der Waals surface area contributed by atoms with E-state index < -0.39 is 0 Å². The quantitative estimate of drug-likeness (QED) is 0.762. The summed E-state index contributed by atoms with van der Waals surface area (Å²) in [5.74, 6) is 0.645. The summed E-state index contributed by atoms with van der Waals surface area (Å²) < 4.78 is 1.90. The maximum atomic E-state index is 13.0. The second kappa shape index (κ2) is 8.88. The molecule has 7 heteroatoms. The van der Waals surface area contributed by atoms with Gasteiger partial charge < -0.3 is 19.3 Å². The molecule has 4 rings (SSSR count). The largest absolute Gasteiger partial charge is 0.347 e. The number of carbonyl (C=O) groups is 2. The fourth-order valence-corrected chi connectivity index (χ4v) is 5.10. The Morgan fingerprint density at radius 1 is 0.897 bits per heavy atom. The molecular formula is C22H35N5O2. The van der Waals surface area contributed by atoms with E-state index in [1.54, 1.807) is 0 Å². The van der Waals surface area contributed by atoms with Gasteiger partial charge in [-0.25, -0.2) is 0 Å². The summed E-state index contributed by atoms with van der Waals surface area (Å²) >= 11 is 0. The molecule has 7 nitrogen and oxygen atoms in total. The van der Waals surface area contributed by atoms with Crippen molar-refractivity contribution in [3.8, 4) is 0 Å². The standard InChI is InChI=1S/C22H35N5O2/c1-23-13-15-26(16-14-23)21(28)18-5-3-10-27(17-18)19-7-11-25(12-8-19)22(29)20-6-4-9-24(20)2/h4,6,9,18-19H,3,5,7-8,10-17H2,1-2H3/t18-/m0/s1. The average Bonchev–Trinajstić information content (AvgIpc) is 3.19. The minimum absolute atomic E-state index is 0.137. The lowest BCUT2D eigenvalue weighted by Gasteiger charge is -2.43. The van der Waals surface area contributed by atoms with Crippen molar-refractivity contribution in [2.24, 2.45) is 13.0 Å². The molecule has 29 heavy (non-hydrogen) atoms. The van der Waals surface area contributed by atoms with Gasteiger partial charge in [0.25, 0.3) is 5.91 Å². The highest BCUT2D eigenvalue weighted by molar-refractivity contribution is 5.92. The van der Waals surface area contributed by atoms with Crippen LogP contribution in [0.3, 0.4) is 0 Å². The van der Waals surface area contributed by atoms with Crippen LogP contribution in [-0.4, -0.2) is 101 Å². The van der Waals surface area contributed by atoms with E-state index in [2.05, 4.69) is 21.7 Å². The maximum absolute atomic E-state index is 13.0. The Bertz CT molecular complexity index is 717. The Hall–Kier alpha value is -1.86. The Kier molecular flexibility index (Phi) is 6.25. The maximum Gasteiger partial charge on any atom is 0.270 e. The average molecular weight is 402 g/mol. The van der Waals surface area contributed by atoms with Gasteiger partial charge in [0.05, 0.1) is 5.92 Å². The summed E-state index contributed by atoms with van der Waals surface area (Å²) in [7, 11) is 4.05. The van der Waals surface area contributed by atoms with Gasteiger partial charge in [0.15, 0.2) is 0 Å². The van der Waals surface area contributed by atoms with Gasteiger partial charge in [0.2, 0.25) is 5.91 Å². The van der Waals surface area contributed by atoms with E-state index in [9.17, 15) is 9.59 Å². The minimum Gasteiger partial charge on any atom is -0.347 e. The van der Waals surface area contributed by atoms with Crippen LogP contribution in [0.25, 0.3) is 0 Å². The monoisotopic (exact) mass is 401 g/mol. The summed E-state index contributed by atoms with van der Waals surface area (Å²) in [5.41, 5.74) is 0.763. The molecule has 1 atom stereocenters. The second-order valence-electron chi connectivity index (χ2n) is 8.99. The van der Waals surface area contributed by atoms with Crippen LogP contribution in [0.1, 0.15) is 36.2 Å². The Morgan fingerprint density at radius 3 is 2.28 bits per heavy atom. The molecule has 0 unspecified atom stereocenters. The number of likely N-dealkylation sites (N-methyl/N-ethyl adjacent to an activating group) is 1. The molecule has 3 aliphatic heterocycles. The van der Waals surface area contributed by atoms with Gasteiger partial charge in [-0.1, -0.05) is 0 Å². The van der Waals surface area contributed by atoms with Crippen LogP contribution in [0.5, 0.6) is 0 Å². The van der Waals surface area contributed by atoms with E-state index in [-0.39, 0.29) is 11.8 Å². The van der Waals surface area contributed by atoms with Crippen molar-refractivity contribution in [3.05, 3.63) is 24.0 Å². The smallest absolute Gasteiger partial charge is 0.270 e. The Labute approximate surface area is 174 Å². The Morgan fingerprint density at radius 2 is 1.62 bits per heavy atom. The number of carbonyl (C=O) groups excluding carboxylic acids is 2. The van der Waals surface area contributed by atoms with E-state index in [0.717, 1.165) is 83.7 Å². The van der Waals surface area contributed by atoms with Crippen molar-refractivity contribution in [2.75, 3.05) is 59.4 Å². The predicted molar refractivity (Wildman–Crippen MR) is 113 cm³/mol. The molecule has 0 spiro atoms. The topological polar surface area (TPSA) is 52.0 Å². The molecular weight excluding hydrogens is 366 g/mol. The van der Waals surface area contributed by atoms with Crippen LogP contribution < -0.4 is 0 Å². The first-order valence-electron chi connectivity index (χ1n) is 11.1. The zero-order valence-electron chi connectivity index (χ0n) is 17.9. The molecule has 1 aromatic rings. The third kappa shape index (κ3) is 4.51. The molecule has 0 N–H and O–H groups in total. The second-order valence-corrected chi connectivity index (χ2v) is 8.99. The first kappa shape index (κ1) is 20.4. The number of rotatable bonds is 3. The summed E-state index contributed by atoms with van der Waals surface area (Å²) in [4.78, 5) is 34.7. The number of piperazine rings is 1. The van der Waals surface area contributed by atoms with Crippen LogP contribution in [0.2, 0.25) is 0 Å². The first-order chi connectivity index (χ1) is 14.0. The lowest BCUT2D eigenvalue weighted by molar-refractivity contribution is -0.139. The molecule has 4 heterocycles. The number of aryl methyl sites for hydroxylation is 1. The molecule has 0 aliphatic carbocycles. The van der Waals surface area contributed by atoms with Crippen LogP contribution >= 0.6 is 0 Å². The molecule has 1 aromatic heterocycles. The minimum atomic E-state index is 0.137. The third-order valence-corrected chi connectivity index (χ3v) is 7.05. The third-order valence-electron chi connectivity index (χ3n) is 7.05. The molecule has 160 valence electrons. The molecule has 3 fully saturated rings. The highest BCUT2D eigenvalue weighted by Gasteiger charge is 2.35. The fourth-order valence-electron chi connectivity index (χ4n) is 5.10. The highest BCUT2D eigenvalue weighted by Crippen LogP contribution is 2.26. The van der Waals surface area contributed by atoms with Gasteiger partial charge in [-0.15, -0.1) is 0 Å². The van der Waals surface area contributed by atoms with Gasteiger partial charge in [-0.05, 0) is 51.4 Å². The van der Waals surface area contributed by atoms with E-state index in [1.165, 1.54) is 0 Å². The van der Waals surface area contributed by atoms with Crippen molar-refractivity contribution in [3.63, 3.8) is 0 Å². The van der Waals surface area contributed by atoms with Crippen molar-refractivity contribution < 1.29 is 9.59 Å². The van der Waals surface area contributed by atoms with Crippen molar-refractivity contribution >= 4 is 11.8 Å². The van der Waals surface area contributed by atoms with Crippen molar-refractivity contribution in [1.29, 1.82) is 0 Å². The SMILES string of the molecule is CN1CCN(C(=O)[C@H]2CCCN(C3CCN(C(=O)c4cccn4C)CC3)C2)CC1. The molecule has 3 aliphatic rings. The molecule has 2 amide bonds. The number of piperidine rings is 2. The van der Waals surface area contributed by atoms with E-state index >= 15 is 0 Å². The number of amides is 2. The van der Waals surface area contributed by atoms with Crippen LogP contribution in [0.15, 0.2) is 18.3 Å². The number of hydrogen-bond acceptors (Lipinski definition) is 4. The summed E-state index contributed by atoms with van der Waals surface area (Å²) in [6, 6.07) is 4.31. The number of likely N-dealkylation sites (tertiary alicyclic amines) is 2. The number of hydrogen-bond donors (Lipinski definition) is 0. The predicted octanol–water partition coefficient (Wildman–Crippen LogP) is 1.12. The molecule has 3 saturated heterocycles. The Balaban J connectivity index is 1.29. The summed E-state index contributed by atoms with van der Waals surface area (Å²) in [6.45, 7) is 7.29. The molecule has 0 radical (unpaired) electrons. The van der Waals surface area contributed by atoms with E-state index in [1.807, 2.05) is 34.8 Å². The van der Waals surface area contributed by atoms with Gasteiger partial charge in [-0.2, -0.15) is 0 Å². The molecule has 0 bridgehead atoms. The molecule has 0 aromatic carbocycles. The van der Waals surface area contributed by atoms with E-state index in [4.69, 9.17) is 0 Å². The van der Waals surface area contributed by atoms with Crippen molar-refractivity contribution in [2.45, 2.75) is 31.7 Å².